The number of halogens is 3. The number of imidazole rings is 1. The van der Waals surface area contributed by atoms with Crippen LogP contribution in [0.3, 0.4) is 0 Å². The Balaban J connectivity index is 2.09. The molecular weight excluding hydrogens is 281 g/mol. The van der Waals surface area contributed by atoms with Gasteiger partial charge in [-0.05, 0) is 24.1 Å². The molecule has 1 unspecified atom stereocenters. The van der Waals surface area contributed by atoms with E-state index in [1.165, 1.54) is 12.1 Å². The number of alkyl halides is 3. The number of nitrogens with zero attached hydrogens (tertiary/aromatic N) is 2. The SMILES string of the molecule is CCCn1ccnc1C(O)Cc1ccc(C(F)(F)F)cc1. The molecule has 0 amide bonds. The van der Waals surface area contributed by atoms with Crippen LogP contribution in [-0.4, -0.2) is 14.7 Å². The number of aryl methyl sites for hydroxylation is 1. The first-order chi connectivity index (χ1) is 9.91. The molecule has 0 aliphatic heterocycles. The smallest absolute Gasteiger partial charge is 0.385 e. The fraction of sp³-hybridized carbons (Fsp3) is 0.400. The predicted octanol–water partition coefficient (Wildman–Crippen LogP) is 3.59. The molecule has 0 radical (unpaired) electrons. The summed E-state index contributed by atoms with van der Waals surface area (Å²) >= 11 is 0. The Hall–Kier alpha value is -1.82. The molecule has 0 aliphatic rings. The van der Waals surface area contributed by atoms with E-state index in [-0.39, 0.29) is 6.42 Å². The van der Waals surface area contributed by atoms with E-state index in [0.29, 0.717) is 11.4 Å². The monoisotopic (exact) mass is 298 g/mol. The van der Waals surface area contributed by atoms with Gasteiger partial charge in [0.15, 0.2) is 0 Å². The van der Waals surface area contributed by atoms with Crippen LogP contribution in [0, 0.1) is 0 Å². The normalized spacial score (nSPS) is 13.4. The maximum atomic E-state index is 12.5. The largest absolute Gasteiger partial charge is 0.416 e. The zero-order valence-corrected chi connectivity index (χ0v) is 11.6. The van der Waals surface area contributed by atoms with Gasteiger partial charge in [0, 0.05) is 25.4 Å². The van der Waals surface area contributed by atoms with Crippen molar-refractivity contribution in [3.63, 3.8) is 0 Å². The first kappa shape index (κ1) is 15.6. The van der Waals surface area contributed by atoms with Crippen LogP contribution >= 0.6 is 0 Å². The molecule has 1 atom stereocenters. The number of benzene rings is 1. The van der Waals surface area contributed by atoms with Crippen LogP contribution < -0.4 is 0 Å². The highest BCUT2D eigenvalue weighted by molar-refractivity contribution is 5.25. The predicted molar refractivity (Wildman–Crippen MR) is 72.6 cm³/mol. The van der Waals surface area contributed by atoms with Gasteiger partial charge in [-0.3, -0.25) is 0 Å². The van der Waals surface area contributed by atoms with E-state index in [1.54, 1.807) is 12.4 Å². The van der Waals surface area contributed by atoms with Gasteiger partial charge in [-0.15, -0.1) is 0 Å². The summed E-state index contributed by atoms with van der Waals surface area (Å²) in [7, 11) is 0. The lowest BCUT2D eigenvalue weighted by Crippen LogP contribution is -2.11. The quantitative estimate of drug-likeness (QED) is 0.916. The van der Waals surface area contributed by atoms with E-state index in [4.69, 9.17) is 0 Å². The van der Waals surface area contributed by atoms with Crippen molar-refractivity contribution in [3.05, 3.63) is 53.6 Å². The third-order valence-electron chi connectivity index (χ3n) is 3.22. The number of rotatable bonds is 5. The van der Waals surface area contributed by atoms with E-state index < -0.39 is 17.8 Å². The van der Waals surface area contributed by atoms with E-state index in [9.17, 15) is 18.3 Å². The maximum Gasteiger partial charge on any atom is 0.416 e. The van der Waals surface area contributed by atoms with Crippen molar-refractivity contribution >= 4 is 0 Å². The van der Waals surface area contributed by atoms with Crippen LogP contribution in [0.25, 0.3) is 0 Å². The molecule has 0 aliphatic carbocycles. The maximum absolute atomic E-state index is 12.5. The molecular formula is C15H17F3N2O. The van der Waals surface area contributed by atoms with Crippen molar-refractivity contribution in [3.8, 4) is 0 Å². The summed E-state index contributed by atoms with van der Waals surface area (Å²) in [6, 6.07) is 4.83. The number of aromatic nitrogens is 2. The minimum Gasteiger partial charge on any atom is -0.385 e. The summed E-state index contributed by atoms with van der Waals surface area (Å²) in [5, 5.41) is 10.2. The number of hydrogen-bond donors (Lipinski definition) is 1. The highest BCUT2D eigenvalue weighted by Crippen LogP contribution is 2.29. The second-order valence-electron chi connectivity index (χ2n) is 4.89. The van der Waals surface area contributed by atoms with Crippen LogP contribution in [0.5, 0.6) is 0 Å². The lowest BCUT2D eigenvalue weighted by molar-refractivity contribution is -0.137. The molecule has 1 aromatic carbocycles. The molecule has 0 saturated carbocycles. The van der Waals surface area contributed by atoms with Crippen LogP contribution in [0.4, 0.5) is 13.2 Å². The molecule has 6 heteroatoms. The summed E-state index contributed by atoms with van der Waals surface area (Å²) in [5.74, 6) is 0.539. The highest BCUT2D eigenvalue weighted by atomic mass is 19.4. The Bertz CT molecular complexity index is 575. The molecule has 0 bridgehead atoms. The van der Waals surface area contributed by atoms with Gasteiger partial charge in [-0.1, -0.05) is 19.1 Å². The summed E-state index contributed by atoms with van der Waals surface area (Å²) < 4.78 is 39.3. The lowest BCUT2D eigenvalue weighted by Gasteiger charge is -2.13. The van der Waals surface area contributed by atoms with Crippen LogP contribution in [0.15, 0.2) is 36.7 Å². The van der Waals surface area contributed by atoms with Crippen molar-refractivity contribution in [2.24, 2.45) is 0 Å². The lowest BCUT2D eigenvalue weighted by atomic mass is 10.1. The van der Waals surface area contributed by atoms with Crippen molar-refractivity contribution in [1.82, 2.24) is 9.55 Å². The topological polar surface area (TPSA) is 38.0 Å². The van der Waals surface area contributed by atoms with Gasteiger partial charge in [0.2, 0.25) is 0 Å². The Morgan fingerprint density at radius 2 is 1.90 bits per heavy atom. The van der Waals surface area contributed by atoms with Crippen LogP contribution in [0.2, 0.25) is 0 Å². The van der Waals surface area contributed by atoms with E-state index in [2.05, 4.69) is 4.98 Å². The molecule has 0 spiro atoms. The average molecular weight is 298 g/mol. The van der Waals surface area contributed by atoms with Crippen LogP contribution in [0.1, 0.15) is 36.4 Å². The van der Waals surface area contributed by atoms with Gasteiger partial charge in [-0.2, -0.15) is 13.2 Å². The third kappa shape index (κ3) is 3.85. The Labute approximate surface area is 121 Å². The standard InChI is InChI=1S/C15H17F3N2O/c1-2-8-20-9-7-19-14(20)13(21)10-11-3-5-12(6-4-11)15(16,17)18/h3-7,9,13,21H,2,8,10H2,1H3. The zero-order chi connectivity index (χ0) is 15.5. The Kier molecular flexibility index (Phi) is 4.67. The van der Waals surface area contributed by atoms with Crippen molar-refractivity contribution in [1.29, 1.82) is 0 Å². The van der Waals surface area contributed by atoms with Gasteiger partial charge in [0.05, 0.1) is 5.56 Å². The summed E-state index contributed by atoms with van der Waals surface area (Å²) in [6.07, 6.45) is -0.622. The third-order valence-corrected chi connectivity index (χ3v) is 3.22. The molecule has 1 heterocycles. The fourth-order valence-corrected chi connectivity index (χ4v) is 2.19. The minimum atomic E-state index is -4.34. The summed E-state index contributed by atoms with van der Waals surface area (Å²) in [6.45, 7) is 2.77. The number of aliphatic hydroxyl groups excluding tert-OH is 1. The average Bonchev–Trinajstić information content (AvgIpc) is 2.87. The van der Waals surface area contributed by atoms with Crippen molar-refractivity contribution in [2.75, 3.05) is 0 Å². The Morgan fingerprint density at radius 1 is 1.24 bits per heavy atom. The first-order valence-corrected chi connectivity index (χ1v) is 6.77. The van der Waals surface area contributed by atoms with Gasteiger partial charge in [0.25, 0.3) is 0 Å². The van der Waals surface area contributed by atoms with Crippen molar-refractivity contribution in [2.45, 2.75) is 38.6 Å². The molecule has 2 aromatic rings. The molecule has 3 nitrogen and oxygen atoms in total. The second kappa shape index (κ2) is 6.30. The van der Waals surface area contributed by atoms with Gasteiger partial charge in [0.1, 0.15) is 11.9 Å². The fourth-order valence-electron chi connectivity index (χ4n) is 2.19. The van der Waals surface area contributed by atoms with Gasteiger partial charge < -0.3 is 9.67 Å². The van der Waals surface area contributed by atoms with Gasteiger partial charge in [-0.25, -0.2) is 4.98 Å². The molecule has 1 N–H and O–H groups in total. The Morgan fingerprint density at radius 3 is 2.48 bits per heavy atom. The van der Waals surface area contributed by atoms with Gasteiger partial charge >= 0.3 is 6.18 Å². The molecule has 0 fully saturated rings. The second-order valence-corrected chi connectivity index (χ2v) is 4.89. The molecule has 1 aromatic heterocycles. The molecule has 2 rings (SSSR count). The van der Waals surface area contributed by atoms with E-state index in [0.717, 1.165) is 25.1 Å². The molecule has 21 heavy (non-hydrogen) atoms. The van der Waals surface area contributed by atoms with E-state index in [1.807, 2.05) is 11.5 Å². The summed E-state index contributed by atoms with van der Waals surface area (Å²) in [5.41, 5.74) is -0.0465. The minimum absolute atomic E-state index is 0.235. The molecule has 0 saturated heterocycles. The van der Waals surface area contributed by atoms with Crippen LogP contribution in [-0.2, 0) is 19.1 Å². The highest BCUT2D eigenvalue weighted by Gasteiger charge is 2.30. The number of hydrogen-bond acceptors (Lipinski definition) is 2. The van der Waals surface area contributed by atoms with Crippen molar-refractivity contribution < 1.29 is 18.3 Å². The molecule has 114 valence electrons. The summed E-state index contributed by atoms with van der Waals surface area (Å²) in [4.78, 5) is 4.12. The number of aliphatic hydroxyl groups is 1. The first-order valence-electron chi connectivity index (χ1n) is 6.77. The zero-order valence-electron chi connectivity index (χ0n) is 11.6. The van der Waals surface area contributed by atoms with E-state index >= 15 is 0 Å².